The molecule has 1 unspecified atom stereocenters. The number of hydrogen-bond donors (Lipinski definition) is 3. The first-order valence-corrected chi connectivity index (χ1v) is 8.16. The van der Waals surface area contributed by atoms with Crippen molar-refractivity contribution in [2.24, 2.45) is 0 Å². The Morgan fingerprint density at radius 1 is 0.833 bits per heavy atom. The second-order valence-corrected chi connectivity index (χ2v) is 5.90. The van der Waals surface area contributed by atoms with Gasteiger partial charge in [0.05, 0.1) is 11.4 Å². The number of aromatic hydroxyl groups is 2. The van der Waals surface area contributed by atoms with Crippen molar-refractivity contribution in [2.75, 3.05) is 37.0 Å². The van der Waals surface area contributed by atoms with Gasteiger partial charge in [0, 0.05) is 38.3 Å². The number of anilines is 2. The van der Waals surface area contributed by atoms with Gasteiger partial charge >= 0.3 is 0 Å². The minimum absolute atomic E-state index is 0.0163. The lowest BCUT2D eigenvalue weighted by Crippen LogP contribution is -2.22. The van der Waals surface area contributed by atoms with Crippen molar-refractivity contribution in [3.05, 3.63) is 47.5 Å². The molecule has 5 heteroatoms. The molecule has 2 rings (SSSR count). The lowest BCUT2D eigenvalue weighted by Gasteiger charge is -2.25. The van der Waals surface area contributed by atoms with Gasteiger partial charge in [0.2, 0.25) is 0 Å². The van der Waals surface area contributed by atoms with Crippen molar-refractivity contribution in [3.8, 4) is 11.5 Å². The summed E-state index contributed by atoms with van der Waals surface area (Å²) in [6.45, 7) is 5.53. The number of rotatable bonds is 6. The molecule has 0 saturated carbocycles. The zero-order valence-corrected chi connectivity index (χ0v) is 14.7. The van der Waals surface area contributed by atoms with Crippen LogP contribution < -0.4 is 9.80 Å². The van der Waals surface area contributed by atoms with Crippen LogP contribution in [0.25, 0.3) is 0 Å². The second kappa shape index (κ2) is 7.45. The Morgan fingerprint density at radius 3 is 1.75 bits per heavy atom. The van der Waals surface area contributed by atoms with E-state index in [1.807, 2.05) is 38.9 Å². The van der Waals surface area contributed by atoms with E-state index in [9.17, 15) is 15.3 Å². The molecule has 1 atom stereocenters. The van der Waals surface area contributed by atoms with Crippen molar-refractivity contribution in [1.29, 1.82) is 0 Å². The molecule has 2 aromatic rings. The summed E-state index contributed by atoms with van der Waals surface area (Å²) in [7, 11) is 3.65. The number of aliphatic hydroxyl groups excluding tert-OH is 1. The fourth-order valence-electron chi connectivity index (χ4n) is 2.89. The third-order valence-corrected chi connectivity index (χ3v) is 4.27. The van der Waals surface area contributed by atoms with E-state index in [-0.39, 0.29) is 11.5 Å². The average molecular weight is 330 g/mol. The van der Waals surface area contributed by atoms with Gasteiger partial charge < -0.3 is 25.1 Å². The van der Waals surface area contributed by atoms with Gasteiger partial charge in [0.15, 0.2) is 0 Å². The number of aliphatic hydroxyl groups is 1. The van der Waals surface area contributed by atoms with Crippen LogP contribution in [0, 0.1) is 0 Å². The number of benzene rings is 2. The third-order valence-electron chi connectivity index (χ3n) is 4.27. The highest BCUT2D eigenvalue weighted by Crippen LogP contribution is 2.41. The fraction of sp³-hybridized carbons (Fsp3) is 0.368. The molecule has 0 aliphatic rings. The monoisotopic (exact) mass is 330 g/mol. The van der Waals surface area contributed by atoms with Crippen molar-refractivity contribution in [2.45, 2.75) is 20.0 Å². The Hall–Kier alpha value is -2.40. The number of phenols is 2. The molecule has 3 N–H and O–H groups in total. The molecule has 0 aliphatic carbocycles. The van der Waals surface area contributed by atoms with Crippen LogP contribution in [0.3, 0.4) is 0 Å². The molecule has 0 radical (unpaired) electrons. The summed E-state index contributed by atoms with van der Waals surface area (Å²) in [5, 5.41) is 31.8. The van der Waals surface area contributed by atoms with Gasteiger partial charge in [-0.15, -0.1) is 0 Å². The Bertz CT molecular complexity index is 697. The molecule has 0 aromatic heterocycles. The molecule has 130 valence electrons. The fourth-order valence-corrected chi connectivity index (χ4v) is 2.89. The SMILES string of the molecule is CCN(CC)c1cccc(C(O)c2cccc(N(C)C)c2O)c1O. The normalized spacial score (nSPS) is 12.0. The van der Waals surface area contributed by atoms with E-state index in [1.165, 1.54) is 0 Å². The zero-order chi connectivity index (χ0) is 17.9. The Morgan fingerprint density at radius 2 is 1.29 bits per heavy atom. The van der Waals surface area contributed by atoms with Crippen LogP contribution in [0.15, 0.2) is 36.4 Å². The molecule has 0 aliphatic heterocycles. The lowest BCUT2D eigenvalue weighted by atomic mass is 9.98. The van der Waals surface area contributed by atoms with Crippen LogP contribution in [0.1, 0.15) is 31.1 Å². The van der Waals surface area contributed by atoms with Crippen LogP contribution >= 0.6 is 0 Å². The average Bonchev–Trinajstić information content (AvgIpc) is 2.56. The standard InChI is InChI=1S/C19H26N2O3/c1-5-21(6-2)16-12-8-10-14(19(16)24)17(22)13-9-7-11-15(18(13)23)20(3)4/h7-12,17,22-24H,5-6H2,1-4H3. The van der Waals surface area contributed by atoms with Gasteiger partial charge in [0.1, 0.15) is 17.6 Å². The maximum atomic E-state index is 10.8. The summed E-state index contributed by atoms with van der Waals surface area (Å²) in [5.41, 5.74) is 2.05. The maximum absolute atomic E-state index is 10.8. The Kier molecular flexibility index (Phi) is 5.57. The molecule has 24 heavy (non-hydrogen) atoms. The first kappa shape index (κ1) is 17.9. The summed E-state index contributed by atoms with van der Waals surface area (Å²) in [5.74, 6) is 0.0611. The van der Waals surface area contributed by atoms with Crippen LogP contribution in [-0.2, 0) is 0 Å². The van der Waals surface area contributed by atoms with Crippen molar-refractivity contribution < 1.29 is 15.3 Å². The first-order chi connectivity index (χ1) is 11.4. The van der Waals surface area contributed by atoms with Gasteiger partial charge in [-0.1, -0.05) is 24.3 Å². The van der Waals surface area contributed by atoms with E-state index >= 15 is 0 Å². The molecule has 5 nitrogen and oxygen atoms in total. The molecular weight excluding hydrogens is 304 g/mol. The minimum atomic E-state index is -1.11. The van der Waals surface area contributed by atoms with Gasteiger partial charge in [-0.05, 0) is 26.0 Å². The van der Waals surface area contributed by atoms with Gasteiger partial charge in [0.25, 0.3) is 0 Å². The van der Waals surface area contributed by atoms with Crippen molar-refractivity contribution in [1.82, 2.24) is 0 Å². The summed E-state index contributed by atoms with van der Waals surface area (Å²) in [4.78, 5) is 3.79. The quantitative estimate of drug-likeness (QED) is 0.759. The summed E-state index contributed by atoms with van der Waals surface area (Å²) in [6, 6.07) is 10.5. The Labute approximate surface area is 143 Å². The van der Waals surface area contributed by atoms with E-state index in [0.717, 1.165) is 13.1 Å². The van der Waals surface area contributed by atoms with Gasteiger partial charge in [-0.25, -0.2) is 0 Å². The van der Waals surface area contributed by atoms with Crippen LogP contribution in [0.5, 0.6) is 11.5 Å². The molecule has 0 fully saturated rings. The zero-order valence-electron chi connectivity index (χ0n) is 14.7. The summed E-state index contributed by atoms with van der Waals surface area (Å²) >= 11 is 0. The molecular formula is C19H26N2O3. The minimum Gasteiger partial charge on any atom is -0.505 e. The number of nitrogens with zero attached hydrogens (tertiary/aromatic N) is 2. The van der Waals surface area contributed by atoms with E-state index < -0.39 is 6.10 Å². The topological polar surface area (TPSA) is 67.2 Å². The van der Waals surface area contributed by atoms with Crippen LogP contribution in [-0.4, -0.2) is 42.5 Å². The summed E-state index contributed by atoms with van der Waals surface area (Å²) < 4.78 is 0. The highest BCUT2D eigenvalue weighted by molar-refractivity contribution is 5.65. The first-order valence-electron chi connectivity index (χ1n) is 8.16. The number of para-hydroxylation sites is 2. The van der Waals surface area contributed by atoms with E-state index in [1.54, 1.807) is 35.2 Å². The maximum Gasteiger partial charge on any atom is 0.145 e. The lowest BCUT2D eigenvalue weighted by molar-refractivity contribution is 0.211. The smallest absolute Gasteiger partial charge is 0.145 e. The number of phenolic OH excluding ortho intramolecular Hbond substituents is 2. The Balaban J connectivity index is 2.50. The summed E-state index contributed by atoms with van der Waals surface area (Å²) in [6.07, 6.45) is -1.11. The highest BCUT2D eigenvalue weighted by Gasteiger charge is 2.22. The largest absolute Gasteiger partial charge is 0.505 e. The van der Waals surface area contributed by atoms with Gasteiger partial charge in [-0.3, -0.25) is 0 Å². The van der Waals surface area contributed by atoms with E-state index in [2.05, 4.69) is 0 Å². The molecule has 0 saturated heterocycles. The predicted octanol–water partition coefficient (Wildman–Crippen LogP) is 3.09. The van der Waals surface area contributed by atoms with Crippen molar-refractivity contribution in [3.63, 3.8) is 0 Å². The third kappa shape index (κ3) is 3.26. The molecule has 2 aromatic carbocycles. The molecule has 0 spiro atoms. The van der Waals surface area contributed by atoms with E-state index in [4.69, 9.17) is 0 Å². The predicted molar refractivity (Wildman–Crippen MR) is 98.2 cm³/mol. The highest BCUT2D eigenvalue weighted by atomic mass is 16.3. The second-order valence-electron chi connectivity index (χ2n) is 5.90. The molecule has 0 bridgehead atoms. The van der Waals surface area contributed by atoms with Crippen LogP contribution in [0.2, 0.25) is 0 Å². The molecule has 0 heterocycles. The van der Waals surface area contributed by atoms with E-state index in [0.29, 0.717) is 22.5 Å². The molecule has 0 amide bonds. The number of hydrogen-bond acceptors (Lipinski definition) is 5. The van der Waals surface area contributed by atoms with Crippen molar-refractivity contribution >= 4 is 11.4 Å². The van der Waals surface area contributed by atoms with Crippen LogP contribution in [0.4, 0.5) is 11.4 Å². The van der Waals surface area contributed by atoms with Gasteiger partial charge in [-0.2, -0.15) is 0 Å².